The molecule has 166 valence electrons. The van der Waals surface area contributed by atoms with Gasteiger partial charge in [-0.2, -0.15) is 0 Å². The van der Waals surface area contributed by atoms with Gasteiger partial charge in [0.2, 0.25) is 11.8 Å². The minimum atomic E-state index is 0.0942. The highest BCUT2D eigenvalue weighted by atomic mass is 16.2. The van der Waals surface area contributed by atoms with Crippen molar-refractivity contribution < 1.29 is 9.59 Å². The van der Waals surface area contributed by atoms with Crippen LogP contribution in [0.2, 0.25) is 0 Å². The number of rotatable bonds is 7. The lowest BCUT2D eigenvalue weighted by molar-refractivity contribution is -0.138. The Bertz CT molecular complexity index is 563. The molecule has 2 heterocycles. The van der Waals surface area contributed by atoms with E-state index in [1.54, 1.807) is 0 Å². The zero-order valence-corrected chi connectivity index (χ0v) is 19.1. The lowest BCUT2D eigenvalue weighted by Gasteiger charge is -2.54. The molecule has 2 atom stereocenters. The Morgan fingerprint density at radius 3 is 2.17 bits per heavy atom. The summed E-state index contributed by atoms with van der Waals surface area (Å²) in [5.41, 5.74) is 0.243. The molecule has 6 heteroatoms. The SMILES string of the molecule is CCC(C)C(=O)NC1CCC12CCN(C(=O)CCN1CCN(C(C)C)CC1)CC2. The summed E-state index contributed by atoms with van der Waals surface area (Å²) < 4.78 is 0. The fourth-order valence-corrected chi connectivity index (χ4v) is 5.14. The Labute approximate surface area is 177 Å². The van der Waals surface area contributed by atoms with E-state index >= 15 is 0 Å². The second-order valence-electron chi connectivity index (χ2n) is 9.87. The predicted molar refractivity (Wildman–Crippen MR) is 117 cm³/mol. The average molecular weight is 407 g/mol. The molecule has 0 bridgehead atoms. The highest BCUT2D eigenvalue weighted by molar-refractivity contribution is 5.79. The summed E-state index contributed by atoms with van der Waals surface area (Å²) in [7, 11) is 0. The van der Waals surface area contributed by atoms with Crippen molar-refractivity contribution in [1.82, 2.24) is 20.0 Å². The number of piperidine rings is 1. The maximum atomic E-state index is 12.7. The zero-order valence-electron chi connectivity index (χ0n) is 19.1. The second kappa shape index (κ2) is 9.78. The number of piperazine rings is 1. The van der Waals surface area contributed by atoms with E-state index in [1.165, 1.54) is 6.42 Å². The van der Waals surface area contributed by atoms with Crippen molar-refractivity contribution in [1.29, 1.82) is 0 Å². The van der Waals surface area contributed by atoms with Crippen molar-refractivity contribution in [3.8, 4) is 0 Å². The lowest BCUT2D eigenvalue weighted by Crippen LogP contribution is -2.60. The van der Waals surface area contributed by atoms with Gasteiger partial charge in [0.15, 0.2) is 0 Å². The number of hydrogen-bond donors (Lipinski definition) is 1. The third kappa shape index (κ3) is 5.32. The molecule has 29 heavy (non-hydrogen) atoms. The number of likely N-dealkylation sites (tertiary alicyclic amines) is 1. The molecule has 6 nitrogen and oxygen atoms in total. The molecule has 0 aromatic rings. The maximum Gasteiger partial charge on any atom is 0.223 e. The van der Waals surface area contributed by atoms with E-state index in [0.717, 1.165) is 71.5 Å². The molecule has 3 fully saturated rings. The van der Waals surface area contributed by atoms with Crippen LogP contribution < -0.4 is 5.32 Å². The smallest absolute Gasteiger partial charge is 0.223 e. The first-order valence-electron chi connectivity index (χ1n) is 11.9. The third-order valence-corrected chi connectivity index (χ3v) is 7.94. The second-order valence-corrected chi connectivity index (χ2v) is 9.87. The lowest BCUT2D eigenvalue weighted by atomic mass is 9.59. The van der Waals surface area contributed by atoms with Gasteiger partial charge in [-0.05, 0) is 51.4 Å². The first-order chi connectivity index (χ1) is 13.8. The van der Waals surface area contributed by atoms with Gasteiger partial charge in [0.05, 0.1) is 0 Å². The first-order valence-corrected chi connectivity index (χ1v) is 11.9. The third-order valence-electron chi connectivity index (χ3n) is 7.94. The number of amides is 2. The molecule has 1 saturated carbocycles. The average Bonchev–Trinajstić information content (AvgIpc) is 2.74. The quantitative estimate of drug-likeness (QED) is 0.705. The molecule has 2 unspecified atom stereocenters. The van der Waals surface area contributed by atoms with E-state index in [0.29, 0.717) is 24.4 Å². The van der Waals surface area contributed by atoms with Gasteiger partial charge in [-0.1, -0.05) is 13.8 Å². The van der Waals surface area contributed by atoms with Crippen molar-refractivity contribution in [2.75, 3.05) is 45.8 Å². The van der Waals surface area contributed by atoms with Crippen molar-refractivity contribution in [3.05, 3.63) is 0 Å². The van der Waals surface area contributed by atoms with E-state index < -0.39 is 0 Å². The number of nitrogens with one attached hydrogen (secondary N) is 1. The molecule has 2 saturated heterocycles. The summed E-state index contributed by atoms with van der Waals surface area (Å²) in [6.07, 6.45) is 5.90. The number of carbonyl (C=O) groups is 2. The molecule has 3 rings (SSSR count). The summed E-state index contributed by atoms with van der Waals surface area (Å²) in [4.78, 5) is 32.0. The summed E-state index contributed by atoms with van der Waals surface area (Å²) in [5.74, 6) is 0.606. The van der Waals surface area contributed by atoms with E-state index in [1.807, 2.05) is 6.92 Å². The van der Waals surface area contributed by atoms with Crippen molar-refractivity contribution in [2.45, 2.75) is 78.3 Å². The Kier molecular flexibility index (Phi) is 7.60. The summed E-state index contributed by atoms with van der Waals surface area (Å²) in [6, 6.07) is 0.934. The Morgan fingerprint density at radius 1 is 1.00 bits per heavy atom. The van der Waals surface area contributed by atoms with Gasteiger partial charge in [-0.15, -0.1) is 0 Å². The van der Waals surface area contributed by atoms with Crippen LogP contribution in [0.25, 0.3) is 0 Å². The molecule has 1 spiro atoms. The van der Waals surface area contributed by atoms with Gasteiger partial charge in [0, 0.05) is 70.2 Å². The Balaban J connectivity index is 1.38. The van der Waals surface area contributed by atoms with Crippen LogP contribution >= 0.6 is 0 Å². The molecule has 1 N–H and O–H groups in total. The molecule has 0 radical (unpaired) electrons. The fraction of sp³-hybridized carbons (Fsp3) is 0.913. The topological polar surface area (TPSA) is 55.9 Å². The molecule has 1 aliphatic carbocycles. The van der Waals surface area contributed by atoms with Crippen LogP contribution in [0.1, 0.15) is 66.2 Å². The van der Waals surface area contributed by atoms with Crippen LogP contribution in [-0.2, 0) is 9.59 Å². The molecular formula is C23H42N4O2. The molecule has 2 amide bonds. The van der Waals surface area contributed by atoms with Crippen LogP contribution in [-0.4, -0.2) is 84.4 Å². The molecule has 0 aromatic heterocycles. The Morgan fingerprint density at radius 2 is 1.66 bits per heavy atom. The largest absolute Gasteiger partial charge is 0.353 e. The molecule has 0 aromatic carbocycles. The monoisotopic (exact) mass is 406 g/mol. The van der Waals surface area contributed by atoms with Crippen LogP contribution in [0.4, 0.5) is 0 Å². The minimum Gasteiger partial charge on any atom is -0.353 e. The van der Waals surface area contributed by atoms with Crippen LogP contribution in [0, 0.1) is 11.3 Å². The van der Waals surface area contributed by atoms with Crippen LogP contribution in [0.3, 0.4) is 0 Å². The molecule has 2 aliphatic heterocycles. The van der Waals surface area contributed by atoms with E-state index in [-0.39, 0.29) is 17.2 Å². The molecule has 3 aliphatic rings. The van der Waals surface area contributed by atoms with Crippen molar-refractivity contribution >= 4 is 11.8 Å². The van der Waals surface area contributed by atoms with E-state index in [2.05, 4.69) is 40.8 Å². The van der Waals surface area contributed by atoms with Gasteiger partial charge in [0.25, 0.3) is 0 Å². The van der Waals surface area contributed by atoms with Crippen LogP contribution in [0.5, 0.6) is 0 Å². The minimum absolute atomic E-state index is 0.0942. The van der Waals surface area contributed by atoms with E-state index in [9.17, 15) is 9.59 Å². The van der Waals surface area contributed by atoms with Gasteiger partial charge < -0.3 is 15.1 Å². The summed E-state index contributed by atoms with van der Waals surface area (Å²) >= 11 is 0. The summed E-state index contributed by atoms with van der Waals surface area (Å²) in [5, 5.41) is 3.30. The normalized spacial score (nSPS) is 26.4. The van der Waals surface area contributed by atoms with Gasteiger partial charge in [-0.25, -0.2) is 0 Å². The standard InChI is InChI=1S/C23H42N4O2/c1-5-19(4)22(29)24-20-6-8-23(20)9-12-27(13-10-23)21(28)7-11-25-14-16-26(17-15-25)18(2)3/h18-20H,5-17H2,1-4H3,(H,24,29). The molecular weight excluding hydrogens is 364 g/mol. The van der Waals surface area contributed by atoms with Gasteiger partial charge >= 0.3 is 0 Å². The van der Waals surface area contributed by atoms with Crippen molar-refractivity contribution in [3.63, 3.8) is 0 Å². The van der Waals surface area contributed by atoms with Gasteiger partial charge in [0.1, 0.15) is 0 Å². The maximum absolute atomic E-state index is 12.7. The van der Waals surface area contributed by atoms with Crippen molar-refractivity contribution in [2.24, 2.45) is 11.3 Å². The highest BCUT2D eigenvalue weighted by Gasteiger charge is 2.49. The predicted octanol–water partition coefficient (Wildman–Crippen LogP) is 2.34. The summed E-state index contributed by atoms with van der Waals surface area (Å²) in [6.45, 7) is 15.6. The highest BCUT2D eigenvalue weighted by Crippen LogP contribution is 2.49. The number of carbonyl (C=O) groups excluding carboxylic acids is 2. The number of hydrogen-bond acceptors (Lipinski definition) is 4. The fourth-order valence-electron chi connectivity index (χ4n) is 5.14. The van der Waals surface area contributed by atoms with Crippen LogP contribution in [0.15, 0.2) is 0 Å². The first kappa shape index (κ1) is 22.5. The Hall–Kier alpha value is -1.14. The number of nitrogens with zero attached hydrogens (tertiary/aromatic N) is 3. The van der Waals surface area contributed by atoms with Gasteiger partial charge in [-0.3, -0.25) is 14.5 Å². The van der Waals surface area contributed by atoms with E-state index in [4.69, 9.17) is 0 Å². The zero-order chi connectivity index (χ0) is 21.0.